The molecule has 0 spiro atoms. The number of hydrogen-bond acceptors (Lipinski definition) is 12. The number of ketones is 2. The van der Waals surface area contributed by atoms with Gasteiger partial charge in [-0.3, -0.25) is 14.6 Å². The summed E-state index contributed by atoms with van der Waals surface area (Å²) in [6.07, 6.45) is -7.97. The number of aliphatic hydroxyl groups excluding tert-OH is 4. The number of hydrogen-bond donors (Lipinski definition) is 8. The number of aryl methyl sites for hydroxylation is 1. The van der Waals surface area contributed by atoms with Crippen LogP contribution in [0.15, 0.2) is 23.2 Å². The van der Waals surface area contributed by atoms with Crippen molar-refractivity contribution in [1.29, 1.82) is 0 Å². The Morgan fingerprint density at radius 3 is 2.41 bits per heavy atom. The van der Waals surface area contributed by atoms with Crippen LogP contribution in [0.5, 0.6) is 17.2 Å². The maximum atomic E-state index is 13.8. The molecule has 1 aliphatic carbocycles. The molecular formula is C25H29N3O11. The van der Waals surface area contributed by atoms with E-state index >= 15 is 0 Å². The van der Waals surface area contributed by atoms with E-state index in [2.05, 4.69) is 10.3 Å². The zero-order chi connectivity index (χ0) is 28.8. The molecule has 0 unspecified atom stereocenters. The molecule has 2 aromatic rings. The average Bonchev–Trinajstić information content (AvgIpc) is 2.92. The molecule has 14 heteroatoms. The minimum Gasteiger partial charge on any atom is -0.507 e. The van der Waals surface area contributed by atoms with Crippen molar-refractivity contribution in [2.45, 2.75) is 43.9 Å². The van der Waals surface area contributed by atoms with Gasteiger partial charge >= 0.3 is 0 Å². The van der Waals surface area contributed by atoms with Crippen molar-refractivity contribution in [3.8, 4) is 17.2 Å². The predicted molar refractivity (Wildman–Crippen MR) is 133 cm³/mol. The largest absolute Gasteiger partial charge is 0.507 e. The molecule has 39 heavy (non-hydrogen) atoms. The molecule has 1 heterocycles. The third-order valence-corrected chi connectivity index (χ3v) is 6.78. The Hall–Kier alpha value is -3.79. The van der Waals surface area contributed by atoms with E-state index in [1.807, 2.05) is 0 Å². The first-order valence-corrected chi connectivity index (χ1v) is 11.7. The molecule has 0 bridgehead atoms. The third kappa shape index (κ3) is 4.67. The summed E-state index contributed by atoms with van der Waals surface area (Å²) < 4.78 is 16.0. The van der Waals surface area contributed by atoms with Crippen molar-refractivity contribution < 1.29 is 54.4 Å². The van der Waals surface area contributed by atoms with Gasteiger partial charge in [-0.1, -0.05) is 0 Å². The number of aliphatic hydroxyl groups is 5. The molecule has 4 rings (SSSR count). The van der Waals surface area contributed by atoms with Crippen molar-refractivity contribution in [3.05, 3.63) is 51.6 Å². The van der Waals surface area contributed by atoms with Crippen LogP contribution >= 0.6 is 0 Å². The zero-order valence-electron chi connectivity index (χ0n) is 21.2. The molecule has 0 radical (unpaired) electrons. The van der Waals surface area contributed by atoms with Gasteiger partial charge in [0.1, 0.15) is 35.6 Å². The second-order valence-electron chi connectivity index (χ2n) is 9.14. The smallest absolute Gasteiger partial charge is 0.231 e. The van der Waals surface area contributed by atoms with Crippen LogP contribution in [0.3, 0.4) is 0 Å². The summed E-state index contributed by atoms with van der Waals surface area (Å²) in [7, 11) is 2.76. The summed E-state index contributed by atoms with van der Waals surface area (Å²) in [4.78, 5) is 31.1. The van der Waals surface area contributed by atoms with E-state index in [1.165, 1.54) is 32.4 Å². The maximum absolute atomic E-state index is 13.8. The number of fused-ring (bicyclic) bond motifs is 2. The highest BCUT2D eigenvalue weighted by Gasteiger charge is 2.54. The van der Waals surface area contributed by atoms with Gasteiger partial charge in [0.05, 0.1) is 24.8 Å². The molecule has 0 saturated carbocycles. The lowest BCUT2D eigenvalue weighted by Crippen LogP contribution is -2.67. The highest BCUT2D eigenvalue weighted by molar-refractivity contribution is 6.30. The number of carbonyl (C=O) groups excluding carboxylic acids is 2. The van der Waals surface area contributed by atoms with Gasteiger partial charge in [0.25, 0.3) is 0 Å². The number of nitrogens with zero attached hydrogens (tertiary/aromatic N) is 1. The highest BCUT2D eigenvalue weighted by Crippen LogP contribution is 2.42. The van der Waals surface area contributed by atoms with Gasteiger partial charge in [0, 0.05) is 36.3 Å². The molecule has 0 amide bonds. The number of guanidine groups is 1. The van der Waals surface area contributed by atoms with Gasteiger partial charge in [-0.05, 0) is 24.6 Å². The first kappa shape index (κ1) is 28.2. The monoisotopic (exact) mass is 547 g/mol. The molecule has 1 saturated heterocycles. The fourth-order valence-electron chi connectivity index (χ4n) is 4.52. The second kappa shape index (κ2) is 10.4. The summed E-state index contributed by atoms with van der Waals surface area (Å²) in [5, 5.41) is 64.4. The fourth-order valence-corrected chi connectivity index (χ4v) is 4.52. The van der Waals surface area contributed by atoms with Crippen LogP contribution in [0.2, 0.25) is 0 Å². The van der Waals surface area contributed by atoms with Crippen LogP contribution in [0.25, 0.3) is 0 Å². The molecule has 2 aliphatic rings. The van der Waals surface area contributed by atoms with E-state index in [0.717, 1.165) is 0 Å². The average molecular weight is 548 g/mol. The Balaban J connectivity index is 1.82. The number of phenolic OH excluding ortho intramolecular Hbond substituents is 1. The number of nitrogens with two attached hydrogens (primary N) is 1. The number of carbonyl (C=O) groups is 2. The van der Waals surface area contributed by atoms with Crippen LogP contribution in [-0.4, -0.2) is 99.3 Å². The minimum atomic E-state index is -2.71. The molecular weight excluding hydrogens is 518 g/mol. The van der Waals surface area contributed by atoms with Crippen LogP contribution in [-0.2, 0) is 11.3 Å². The third-order valence-electron chi connectivity index (χ3n) is 6.78. The summed E-state index contributed by atoms with van der Waals surface area (Å²) in [5.41, 5.74) is 5.64. The summed E-state index contributed by atoms with van der Waals surface area (Å²) in [5.74, 6) is -4.82. The molecule has 5 atom stereocenters. The number of aromatic hydroxyl groups is 1. The molecule has 9 N–H and O–H groups in total. The van der Waals surface area contributed by atoms with E-state index in [-0.39, 0.29) is 51.8 Å². The second-order valence-corrected chi connectivity index (χ2v) is 9.14. The number of aliphatic imine (C=N–C) groups is 1. The van der Waals surface area contributed by atoms with Gasteiger partial charge in [-0.15, -0.1) is 0 Å². The maximum Gasteiger partial charge on any atom is 0.231 e. The Bertz CT molecular complexity index is 1360. The van der Waals surface area contributed by atoms with Crippen molar-refractivity contribution in [2.24, 2.45) is 10.7 Å². The molecule has 2 aromatic carbocycles. The Kier molecular flexibility index (Phi) is 7.53. The molecule has 14 nitrogen and oxygen atoms in total. The van der Waals surface area contributed by atoms with Gasteiger partial charge < -0.3 is 55.9 Å². The van der Waals surface area contributed by atoms with Crippen LogP contribution in [0.4, 0.5) is 0 Å². The van der Waals surface area contributed by atoms with Gasteiger partial charge in [0.2, 0.25) is 17.9 Å². The van der Waals surface area contributed by atoms with E-state index in [0.29, 0.717) is 5.56 Å². The molecule has 0 aromatic heterocycles. The lowest BCUT2D eigenvalue weighted by molar-refractivity contribution is -0.384. The lowest BCUT2D eigenvalue weighted by atomic mass is 9.81. The van der Waals surface area contributed by atoms with E-state index < -0.39 is 54.3 Å². The van der Waals surface area contributed by atoms with Crippen LogP contribution < -0.4 is 20.5 Å². The van der Waals surface area contributed by atoms with Gasteiger partial charge in [0.15, 0.2) is 11.7 Å². The Labute approximate surface area is 221 Å². The lowest BCUT2D eigenvalue weighted by Gasteiger charge is -2.44. The topological polar surface area (TPSA) is 234 Å². The summed E-state index contributed by atoms with van der Waals surface area (Å²) in [6.45, 7) is 0.472. The minimum absolute atomic E-state index is 0.00349. The van der Waals surface area contributed by atoms with Gasteiger partial charge in [-0.25, -0.2) is 0 Å². The number of nitrogens with one attached hydrogen (secondary N) is 1. The van der Waals surface area contributed by atoms with Crippen LogP contribution in [0.1, 0.15) is 43.0 Å². The highest BCUT2D eigenvalue weighted by atomic mass is 16.8. The van der Waals surface area contributed by atoms with E-state index in [9.17, 15) is 40.2 Å². The zero-order valence-corrected chi connectivity index (χ0v) is 21.2. The number of rotatable bonds is 6. The predicted octanol–water partition coefficient (Wildman–Crippen LogP) is -1.98. The Morgan fingerprint density at radius 2 is 1.79 bits per heavy atom. The number of phenols is 1. The number of benzene rings is 2. The van der Waals surface area contributed by atoms with Crippen molar-refractivity contribution in [1.82, 2.24) is 5.32 Å². The first-order chi connectivity index (χ1) is 18.4. The summed E-state index contributed by atoms with van der Waals surface area (Å²) >= 11 is 0. The van der Waals surface area contributed by atoms with Crippen molar-refractivity contribution in [2.75, 3.05) is 20.8 Å². The quantitative estimate of drug-likeness (QED) is 0.124. The SMILES string of the molecule is CN=C(N)NCc1c(C)cc2c(c1O)C(=O)c1c(O[C@H]3O[C@](O)(CO)[C@@H](O)[C@H](O)[C@H]3O)cc(OC)cc1C2=O. The fraction of sp³-hybridized carbons (Fsp3) is 0.400. The standard InChI is InChI=1S/C25H29N3O11/c1-9-4-11-16(18(31)13(9)7-28-24(26)27-2)19(32)15-12(17(11)30)5-10(37-3)6-14(15)38-23-21(34)20(33)22(35)25(36,8-29)39-23/h4-6,20-23,29,31,33-36H,7-8H2,1-3H3,(H3,26,27,28)/t20-,21-,22+,23+,25-/m1/s1. The van der Waals surface area contributed by atoms with Crippen LogP contribution in [0, 0.1) is 6.92 Å². The molecule has 210 valence electrons. The normalized spacial score (nSPS) is 26.6. The van der Waals surface area contributed by atoms with E-state index in [1.54, 1.807) is 6.92 Å². The van der Waals surface area contributed by atoms with Crippen molar-refractivity contribution in [3.63, 3.8) is 0 Å². The van der Waals surface area contributed by atoms with E-state index in [4.69, 9.17) is 19.9 Å². The molecule has 1 aliphatic heterocycles. The molecule has 1 fully saturated rings. The van der Waals surface area contributed by atoms with Crippen molar-refractivity contribution >= 4 is 17.5 Å². The first-order valence-electron chi connectivity index (χ1n) is 11.7. The Morgan fingerprint density at radius 1 is 1.13 bits per heavy atom. The van der Waals surface area contributed by atoms with Gasteiger partial charge in [-0.2, -0.15) is 0 Å². The number of methoxy groups -OCH3 is 1. The summed E-state index contributed by atoms with van der Waals surface area (Å²) in [6, 6.07) is 3.96. The number of ether oxygens (including phenoxy) is 3.